The minimum atomic E-state index is 0.721. The van der Waals surface area contributed by atoms with Crippen LogP contribution in [-0.4, -0.2) is 6.04 Å². The zero-order valence-electron chi connectivity index (χ0n) is 7.72. The second-order valence-electron chi connectivity index (χ2n) is 3.73. The van der Waals surface area contributed by atoms with Crippen molar-refractivity contribution in [2.75, 3.05) is 0 Å². The predicted molar refractivity (Wildman–Crippen MR) is 58.4 cm³/mol. The molecule has 1 N–H and O–H groups in total. The van der Waals surface area contributed by atoms with Gasteiger partial charge in [-0.05, 0) is 30.2 Å². The molecular weight excluding hydrogens is 202 g/mol. The molecule has 72 valence electrons. The number of nitrogens with one attached hydrogen (secondary N) is 1. The Kier molecular flexibility index (Phi) is 2.92. The average molecular weight is 216 g/mol. The van der Waals surface area contributed by atoms with Gasteiger partial charge in [-0.1, -0.05) is 18.5 Å². The molecule has 0 aromatic carbocycles. The number of halogens is 1. The molecule has 0 amide bonds. The maximum absolute atomic E-state index is 5.99. The standard InChI is InChI=1S/C10H14ClNS/c1-7-2-3-9(7)12-6-10-8(11)4-5-13-10/h4-5,7,9,12H,2-3,6H2,1H3. The molecule has 0 saturated heterocycles. The van der Waals surface area contributed by atoms with Gasteiger partial charge < -0.3 is 5.32 Å². The molecule has 1 nitrogen and oxygen atoms in total. The van der Waals surface area contributed by atoms with Crippen LogP contribution in [0.25, 0.3) is 0 Å². The number of thiophene rings is 1. The fourth-order valence-corrected chi connectivity index (χ4v) is 2.70. The molecule has 0 aliphatic heterocycles. The van der Waals surface area contributed by atoms with Crippen LogP contribution in [0, 0.1) is 5.92 Å². The van der Waals surface area contributed by atoms with Gasteiger partial charge in [0.1, 0.15) is 0 Å². The van der Waals surface area contributed by atoms with E-state index in [0.29, 0.717) is 0 Å². The van der Waals surface area contributed by atoms with E-state index in [1.54, 1.807) is 11.3 Å². The topological polar surface area (TPSA) is 12.0 Å². The minimum Gasteiger partial charge on any atom is -0.309 e. The maximum Gasteiger partial charge on any atom is 0.0558 e. The summed E-state index contributed by atoms with van der Waals surface area (Å²) in [5, 5.41) is 6.49. The fraction of sp³-hybridized carbons (Fsp3) is 0.600. The summed E-state index contributed by atoms with van der Waals surface area (Å²) in [5.74, 6) is 0.846. The van der Waals surface area contributed by atoms with Gasteiger partial charge in [-0.25, -0.2) is 0 Å². The van der Waals surface area contributed by atoms with E-state index < -0.39 is 0 Å². The molecule has 0 spiro atoms. The summed E-state index contributed by atoms with van der Waals surface area (Å²) in [7, 11) is 0. The summed E-state index contributed by atoms with van der Waals surface area (Å²) in [4.78, 5) is 1.26. The second kappa shape index (κ2) is 3.99. The highest BCUT2D eigenvalue weighted by Crippen LogP contribution is 2.28. The smallest absolute Gasteiger partial charge is 0.0558 e. The summed E-state index contributed by atoms with van der Waals surface area (Å²) in [6, 6.07) is 2.69. The molecule has 1 fully saturated rings. The lowest BCUT2D eigenvalue weighted by Gasteiger charge is -2.34. The molecule has 2 atom stereocenters. The van der Waals surface area contributed by atoms with E-state index in [1.807, 2.05) is 11.4 Å². The average Bonchev–Trinajstić information content (AvgIpc) is 2.50. The monoisotopic (exact) mass is 215 g/mol. The van der Waals surface area contributed by atoms with Crippen LogP contribution in [-0.2, 0) is 6.54 Å². The van der Waals surface area contributed by atoms with Crippen LogP contribution in [0.1, 0.15) is 24.6 Å². The van der Waals surface area contributed by atoms with Crippen molar-refractivity contribution in [3.05, 3.63) is 21.3 Å². The lowest BCUT2D eigenvalue weighted by Crippen LogP contribution is -2.41. The summed E-state index contributed by atoms with van der Waals surface area (Å²) in [6.45, 7) is 3.24. The third-order valence-electron chi connectivity index (χ3n) is 2.84. The largest absolute Gasteiger partial charge is 0.309 e. The van der Waals surface area contributed by atoms with Crippen molar-refractivity contribution in [1.82, 2.24) is 5.32 Å². The lowest BCUT2D eigenvalue weighted by atomic mass is 9.81. The number of hydrogen-bond donors (Lipinski definition) is 1. The van der Waals surface area contributed by atoms with Crippen LogP contribution < -0.4 is 5.32 Å². The second-order valence-corrected chi connectivity index (χ2v) is 5.14. The van der Waals surface area contributed by atoms with Gasteiger partial charge in [-0.15, -0.1) is 11.3 Å². The van der Waals surface area contributed by atoms with Crippen LogP contribution in [0.2, 0.25) is 5.02 Å². The Labute approximate surface area is 88.1 Å². The molecule has 0 bridgehead atoms. The quantitative estimate of drug-likeness (QED) is 0.816. The first-order valence-corrected chi connectivity index (χ1v) is 5.98. The summed E-state index contributed by atoms with van der Waals surface area (Å²) in [5.41, 5.74) is 0. The first-order valence-electron chi connectivity index (χ1n) is 4.72. The number of rotatable bonds is 3. The van der Waals surface area contributed by atoms with Crippen LogP contribution in [0.4, 0.5) is 0 Å². The molecule has 2 unspecified atom stereocenters. The SMILES string of the molecule is CC1CCC1NCc1sccc1Cl. The predicted octanol–water partition coefficient (Wildman–Crippen LogP) is 3.29. The third-order valence-corrected chi connectivity index (χ3v) is 4.22. The first-order chi connectivity index (χ1) is 6.27. The highest BCUT2D eigenvalue weighted by atomic mass is 35.5. The fourth-order valence-electron chi connectivity index (χ4n) is 1.64. The van der Waals surface area contributed by atoms with Gasteiger partial charge in [0.2, 0.25) is 0 Å². The molecular formula is C10H14ClNS. The molecule has 2 rings (SSSR count). The highest BCUT2D eigenvalue weighted by molar-refractivity contribution is 7.10. The molecule has 13 heavy (non-hydrogen) atoms. The Morgan fingerprint density at radius 3 is 2.92 bits per heavy atom. The Morgan fingerprint density at radius 2 is 2.46 bits per heavy atom. The molecule has 1 saturated carbocycles. The Morgan fingerprint density at radius 1 is 1.62 bits per heavy atom. The first kappa shape index (κ1) is 9.50. The van der Waals surface area contributed by atoms with Crippen molar-refractivity contribution in [1.29, 1.82) is 0 Å². The Balaban J connectivity index is 1.83. The van der Waals surface area contributed by atoms with Gasteiger partial charge in [0.25, 0.3) is 0 Å². The van der Waals surface area contributed by atoms with Crippen molar-refractivity contribution in [3.63, 3.8) is 0 Å². The van der Waals surface area contributed by atoms with Gasteiger partial charge in [0.05, 0.1) is 5.02 Å². The van der Waals surface area contributed by atoms with Crippen LogP contribution in [0.5, 0.6) is 0 Å². The summed E-state index contributed by atoms with van der Waals surface area (Å²) < 4.78 is 0. The van der Waals surface area contributed by atoms with Crippen molar-refractivity contribution in [3.8, 4) is 0 Å². The van der Waals surface area contributed by atoms with E-state index >= 15 is 0 Å². The molecule has 3 heteroatoms. The van der Waals surface area contributed by atoms with Crippen LogP contribution in [0.3, 0.4) is 0 Å². The number of hydrogen-bond acceptors (Lipinski definition) is 2. The lowest BCUT2D eigenvalue weighted by molar-refractivity contribution is 0.229. The van der Waals surface area contributed by atoms with E-state index in [4.69, 9.17) is 11.6 Å². The minimum absolute atomic E-state index is 0.721. The summed E-state index contributed by atoms with van der Waals surface area (Å²) in [6.07, 6.45) is 2.69. The van der Waals surface area contributed by atoms with E-state index in [2.05, 4.69) is 12.2 Å². The van der Waals surface area contributed by atoms with E-state index in [9.17, 15) is 0 Å². The van der Waals surface area contributed by atoms with Crippen molar-refractivity contribution in [2.24, 2.45) is 5.92 Å². The molecule has 0 radical (unpaired) electrons. The van der Waals surface area contributed by atoms with Crippen molar-refractivity contribution < 1.29 is 0 Å². The highest BCUT2D eigenvalue weighted by Gasteiger charge is 2.25. The molecule has 1 aromatic heterocycles. The molecule has 1 aromatic rings. The van der Waals surface area contributed by atoms with Crippen molar-refractivity contribution in [2.45, 2.75) is 32.4 Å². The zero-order valence-corrected chi connectivity index (χ0v) is 9.29. The summed E-state index contributed by atoms with van der Waals surface area (Å²) >= 11 is 7.72. The van der Waals surface area contributed by atoms with E-state index in [0.717, 1.165) is 23.5 Å². The van der Waals surface area contributed by atoms with Gasteiger partial charge in [0, 0.05) is 17.5 Å². The normalized spacial score (nSPS) is 27.2. The van der Waals surface area contributed by atoms with E-state index in [-0.39, 0.29) is 0 Å². The zero-order chi connectivity index (χ0) is 9.26. The van der Waals surface area contributed by atoms with Crippen molar-refractivity contribution >= 4 is 22.9 Å². The maximum atomic E-state index is 5.99. The third kappa shape index (κ3) is 2.06. The Hall–Kier alpha value is -0.0500. The van der Waals surface area contributed by atoms with Crippen LogP contribution >= 0.6 is 22.9 Å². The van der Waals surface area contributed by atoms with Gasteiger partial charge in [-0.3, -0.25) is 0 Å². The molecule has 1 aliphatic rings. The molecule has 1 aliphatic carbocycles. The van der Waals surface area contributed by atoms with Crippen LogP contribution in [0.15, 0.2) is 11.4 Å². The van der Waals surface area contributed by atoms with E-state index in [1.165, 1.54) is 17.7 Å². The molecule has 1 heterocycles. The van der Waals surface area contributed by atoms with Gasteiger partial charge >= 0.3 is 0 Å². The van der Waals surface area contributed by atoms with Gasteiger partial charge in [0.15, 0.2) is 0 Å². The van der Waals surface area contributed by atoms with Gasteiger partial charge in [-0.2, -0.15) is 0 Å². The Bertz CT molecular complexity index is 284.